The summed E-state index contributed by atoms with van der Waals surface area (Å²) >= 11 is 0. The van der Waals surface area contributed by atoms with Crippen LogP contribution in [0.25, 0.3) is 181 Å². The molecule has 0 unspecified atom stereocenters. The summed E-state index contributed by atoms with van der Waals surface area (Å²) in [6, 6.07) is 125. The lowest BCUT2D eigenvalue weighted by atomic mass is 9.87. The molecule has 6 heterocycles. The third-order valence-electron chi connectivity index (χ3n) is 22.8. The Kier molecular flexibility index (Phi) is 20.3. The van der Waals surface area contributed by atoms with Gasteiger partial charge in [-0.2, -0.15) is 0 Å². The van der Waals surface area contributed by atoms with Gasteiger partial charge in [0.25, 0.3) is 0 Å². The minimum absolute atomic E-state index is 0.0859. The van der Waals surface area contributed by atoms with Crippen LogP contribution >= 0.6 is 0 Å². The van der Waals surface area contributed by atoms with Gasteiger partial charge in [0.15, 0.2) is 0 Å². The zero-order chi connectivity index (χ0) is 83.9. The Morgan fingerprint density at radius 1 is 0.236 bits per heavy atom. The van der Waals surface area contributed by atoms with Gasteiger partial charge in [0.2, 0.25) is 35.3 Å². The third-order valence-corrected chi connectivity index (χ3v) is 22.8. The lowest BCUT2D eigenvalue weighted by Crippen LogP contribution is -2.10. The minimum atomic E-state index is 0.0859. The van der Waals surface area contributed by atoms with Gasteiger partial charge in [-0.25, -0.2) is 0 Å². The van der Waals surface area contributed by atoms with Crippen molar-refractivity contribution < 1.29 is 13.3 Å². The van der Waals surface area contributed by atoms with Crippen molar-refractivity contribution in [3.05, 3.63) is 405 Å². The fraction of sp³-hybridized carbons (Fsp3) is 0.0727. The van der Waals surface area contributed by atoms with Crippen LogP contribution in [0, 0.1) is 0 Å². The number of para-hydroxylation sites is 5. The van der Waals surface area contributed by atoms with Crippen LogP contribution in [0.15, 0.2) is 391 Å². The van der Waals surface area contributed by atoms with Crippen LogP contribution < -0.4 is 4.90 Å². The van der Waals surface area contributed by atoms with Crippen molar-refractivity contribution in [3.63, 3.8) is 0 Å². The molecule has 0 fully saturated rings. The monoisotopic (exact) mass is 1590 g/mol. The lowest BCUT2D eigenvalue weighted by Gasteiger charge is -2.26. The van der Waals surface area contributed by atoms with Crippen molar-refractivity contribution in [2.24, 2.45) is 0 Å². The summed E-state index contributed by atoms with van der Waals surface area (Å²) in [6.45, 7) is 24.7. The fourth-order valence-electron chi connectivity index (χ4n) is 16.3. The SMILES string of the molecule is C=Cc1ccc(-c2ccc(-c3nnc(-c4ccc(C(C)(C)C)cc4)o3)cc2)cc1.C=Cc1ccc(-c2nnc(-c3cccc(-c4nnc(-c5ccc(C(C)(C)C)cc5)o4)c3)o2)cc1.C=Cc1ccc2c(c1)c1ccccc1n2-c1ccc(N(c2ccc(-n3c4ccccc4c4ccccc43)cc2)c2ccc(-n3c4ccccc4c4ccccc43)cc2)cc1. The fourth-order valence-corrected chi connectivity index (χ4v) is 16.3. The summed E-state index contributed by atoms with van der Waals surface area (Å²) in [7, 11) is 0. The largest absolute Gasteiger partial charge is 0.416 e. The molecule has 0 spiro atoms. The van der Waals surface area contributed by atoms with E-state index < -0.39 is 0 Å². The summed E-state index contributed by atoms with van der Waals surface area (Å²) in [5, 5.41) is 32.8. The van der Waals surface area contributed by atoms with Crippen LogP contribution in [0.2, 0.25) is 0 Å². The summed E-state index contributed by atoms with van der Waals surface area (Å²) in [5.41, 5.74) is 27.1. The Morgan fingerprint density at radius 3 is 0.797 bits per heavy atom. The number of nitrogens with zero attached hydrogens (tertiary/aromatic N) is 10. The maximum absolute atomic E-state index is 5.97. The molecule has 0 amide bonds. The molecule has 13 heteroatoms. The highest BCUT2D eigenvalue weighted by molar-refractivity contribution is 6.12. The maximum atomic E-state index is 5.97. The van der Waals surface area contributed by atoms with Crippen molar-refractivity contribution in [2.45, 2.75) is 52.4 Å². The first-order valence-corrected chi connectivity index (χ1v) is 41.2. The van der Waals surface area contributed by atoms with Gasteiger partial charge in [-0.05, 0) is 232 Å². The van der Waals surface area contributed by atoms with Crippen molar-refractivity contribution in [1.29, 1.82) is 0 Å². The Balaban J connectivity index is 0.000000134. The molecule has 0 saturated heterocycles. The molecule has 21 aromatic rings. The first kappa shape index (κ1) is 77.1. The minimum Gasteiger partial charge on any atom is -0.416 e. The van der Waals surface area contributed by atoms with Gasteiger partial charge in [-0.15, -0.1) is 30.6 Å². The molecule has 0 N–H and O–H groups in total. The number of hydrogen-bond acceptors (Lipinski definition) is 10. The first-order valence-electron chi connectivity index (χ1n) is 41.2. The van der Waals surface area contributed by atoms with E-state index in [0.29, 0.717) is 35.3 Å². The highest BCUT2D eigenvalue weighted by atomic mass is 16.4. The average Bonchev–Trinajstić information content (AvgIpc) is 1.61. The number of rotatable bonds is 16. The van der Waals surface area contributed by atoms with Gasteiger partial charge in [0.05, 0.1) is 33.1 Å². The van der Waals surface area contributed by atoms with E-state index in [-0.39, 0.29) is 10.8 Å². The summed E-state index contributed by atoms with van der Waals surface area (Å²) in [5.74, 6) is 2.83. The van der Waals surface area contributed by atoms with Gasteiger partial charge in [-0.1, -0.05) is 255 Å². The van der Waals surface area contributed by atoms with Crippen LogP contribution in [-0.2, 0) is 10.8 Å². The second kappa shape index (κ2) is 32.5. The van der Waals surface area contributed by atoms with E-state index in [4.69, 9.17) is 13.3 Å². The third kappa shape index (κ3) is 15.2. The average molecular weight is 1600 g/mol. The summed E-state index contributed by atoms with van der Waals surface area (Å²) in [4.78, 5) is 2.36. The predicted molar refractivity (Wildman–Crippen MR) is 506 cm³/mol. The molecule has 21 rings (SSSR count). The maximum Gasteiger partial charge on any atom is 0.248 e. The molecule has 13 nitrogen and oxygen atoms in total. The zero-order valence-corrected chi connectivity index (χ0v) is 69.1. The molecule has 0 atom stereocenters. The van der Waals surface area contributed by atoms with Crippen LogP contribution in [0.4, 0.5) is 17.1 Å². The Hall–Kier alpha value is -15.9. The normalized spacial score (nSPS) is 11.6. The van der Waals surface area contributed by atoms with Gasteiger partial charge < -0.3 is 31.9 Å². The molecule has 0 aliphatic rings. The first-order chi connectivity index (χ1) is 60.1. The zero-order valence-electron chi connectivity index (χ0n) is 69.1. The topological polar surface area (TPSA) is 135 Å². The van der Waals surface area contributed by atoms with E-state index >= 15 is 0 Å². The molecule has 15 aromatic carbocycles. The quantitative estimate of drug-likeness (QED) is 0.0920. The highest BCUT2D eigenvalue weighted by Crippen LogP contribution is 2.42. The van der Waals surface area contributed by atoms with Crippen molar-refractivity contribution in [1.82, 2.24) is 44.3 Å². The molecule has 0 radical (unpaired) electrons. The van der Waals surface area contributed by atoms with Crippen molar-refractivity contribution >= 4 is 101 Å². The van der Waals surface area contributed by atoms with Crippen LogP contribution in [0.5, 0.6) is 0 Å². The number of anilines is 3. The molecular weight excluding hydrogens is 1510 g/mol. The van der Waals surface area contributed by atoms with E-state index in [9.17, 15) is 0 Å². The van der Waals surface area contributed by atoms with Crippen molar-refractivity contribution in [2.75, 3.05) is 4.90 Å². The molecule has 0 aliphatic carbocycles. The number of hydrogen-bond donors (Lipinski definition) is 0. The standard InChI is InChI=1S/C56H38N4.C28H24N4O2.C26H24N2O/c1-2-38-23-36-56-50(37-38)49-17-7-12-22-55(49)60(56)44-34-28-41(29-35-44)57(39-24-30-42(31-25-39)58-51-18-8-3-13-45(51)46-14-4-9-19-52(46)58)40-26-32-43(33-27-40)59-53-20-10-5-15-47(53)48-16-6-11-21-54(48)59;1-5-18-9-11-19(12-10-18)24-29-31-26(33-24)21-7-6-8-22(17-21)27-32-30-25(34-27)20-13-15-23(16-14-20)28(2,3)4;1-5-18-6-8-19(9-7-18)20-10-12-21(13-11-20)24-27-28-25(29-24)22-14-16-23(17-15-22)26(2,3)4/h2-37H,1H2;5-17H,1H2,2-4H3;5-17H,1H2,2-4H3. The van der Waals surface area contributed by atoms with E-state index in [2.05, 4.69) is 383 Å². The number of benzene rings is 15. The summed E-state index contributed by atoms with van der Waals surface area (Å²) in [6.07, 6.45) is 5.55. The van der Waals surface area contributed by atoms with E-state index in [1.165, 1.54) is 76.5 Å². The van der Waals surface area contributed by atoms with E-state index in [0.717, 1.165) is 95.3 Å². The Bertz CT molecular complexity index is 7190. The highest BCUT2D eigenvalue weighted by Gasteiger charge is 2.23. The van der Waals surface area contributed by atoms with Gasteiger partial charge in [0, 0.05) is 99.8 Å². The molecule has 0 saturated carbocycles. The summed E-state index contributed by atoms with van der Waals surface area (Å²) < 4.78 is 24.9. The predicted octanol–water partition coefficient (Wildman–Crippen LogP) is 29.2. The second-order valence-corrected chi connectivity index (χ2v) is 32.7. The lowest BCUT2D eigenvalue weighted by molar-refractivity contribution is 0.581. The van der Waals surface area contributed by atoms with Crippen LogP contribution in [-0.4, -0.2) is 44.3 Å². The van der Waals surface area contributed by atoms with Gasteiger partial charge >= 0.3 is 0 Å². The molecular formula is C110H86N10O3. The van der Waals surface area contributed by atoms with E-state index in [1.807, 2.05) is 97.1 Å². The van der Waals surface area contributed by atoms with Crippen LogP contribution in [0.3, 0.4) is 0 Å². The molecule has 6 aromatic heterocycles. The smallest absolute Gasteiger partial charge is 0.248 e. The van der Waals surface area contributed by atoms with Gasteiger partial charge in [-0.3, -0.25) is 0 Å². The van der Waals surface area contributed by atoms with Crippen molar-refractivity contribution in [3.8, 4) is 96.9 Å². The number of fused-ring (bicyclic) bond motifs is 9. The second-order valence-electron chi connectivity index (χ2n) is 32.7. The molecule has 123 heavy (non-hydrogen) atoms. The van der Waals surface area contributed by atoms with Crippen LogP contribution in [0.1, 0.15) is 69.4 Å². The van der Waals surface area contributed by atoms with E-state index in [1.54, 1.807) is 6.08 Å². The molecule has 0 aliphatic heterocycles. The van der Waals surface area contributed by atoms with Gasteiger partial charge in [0.1, 0.15) is 0 Å². The Morgan fingerprint density at radius 2 is 0.488 bits per heavy atom. The number of aromatic nitrogens is 9. The molecule has 594 valence electrons. The molecule has 0 bridgehead atoms. The Labute approximate surface area is 713 Å².